The van der Waals surface area contributed by atoms with Gasteiger partial charge in [0.05, 0.1) is 12.8 Å². The van der Waals surface area contributed by atoms with Crippen LogP contribution in [0.3, 0.4) is 0 Å². The predicted molar refractivity (Wildman–Crippen MR) is 172 cm³/mol. The number of likely N-dealkylation sites (tertiary alicyclic amines) is 1. The molecule has 6 unspecified atom stereocenters. The number of nitrogens with one attached hydrogen (secondary N) is 5. The minimum Gasteiger partial charge on any atom is -0.481 e. The Morgan fingerprint density at radius 1 is 0.702 bits per heavy atom. The van der Waals surface area contributed by atoms with Crippen molar-refractivity contribution in [3.05, 3.63) is 0 Å². The molecule has 47 heavy (non-hydrogen) atoms. The molecule has 0 aromatic rings. The molecule has 6 atom stereocenters. The zero-order chi connectivity index (χ0) is 35.4. The van der Waals surface area contributed by atoms with Crippen molar-refractivity contribution >= 4 is 41.6 Å². The average molecular weight is 667 g/mol. The number of carbonyl (C=O) groups excluding carboxylic acids is 5. The molecule has 15 nitrogen and oxygen atoms in total. The second-order valence-corrected chi connectivity index (χ2v) is 13.8. The van der Waals surface area contributed by atoms with Crippen LogP contribution >= 0.6 is 0 Å². The van der Waals surface area contributed by atoms with Crippen molar-refractivity contribution in [1.82, 2.24) is 31.5 Å². The maximum absolute atomic E-state index is 13.6. The van der Waals surface area contributed by atoms with Gasteiger partial charge in [-0.3, -0.25) is 24.0 Å². The molecule has 0 bridgehead atoms. The van der Waals surface area contributed by atoms with E-state index in [4.69, 9.17) is 0 Å². The van der Waals surface area contributed by atoms with Gasteiger partial charge in [0.25, 0.3) is 0 Å². The van der Waals surface area contributed by atoms with E-state index in [1.54, 1.807) is 32.6 Å². The molecule has 15 heteroatoms. The zero-order valence-electron chi connectivity index (χ0n) is 28.5. The maximum Gasteiger partial charge on any atom is 0.326 e. The van der Waals surface area contributed by atoms with Crippen molar-refractivity contribution < 1.29 is 43.8 Å². The quantitative estimate of drug-likeness (QED) is 0.126. The van der Waals surface area contributed by atoms with Gasteiger partial charge >= 0.3 is 18.0 Å². The lowest BCUT2D eigenvalue weighted by molar-refractivity contribution is -0.144. The molecule has 266 valence electrons. The third-order valence-electron chi connectivity index (χ3n) is 8.88. The van der Waals surface area contributed by atoms with Gasteiger partial charge in [-0.1, -0.05) is 48.0 Å². The highest BCUT2D eigenvalue weighted by Gasteiger charge is 2.36. The van der Waals surface area contributed by atoms with Crippen molar-refractivity contribution in [2.45, 2.75) is 123 Å². The molecule has 2 rings (SSSR count). The van der Waals surface area contributed by atoms with Crippen LogP contribution in [0.1, 0.15) is 92.9 Å². The summed E-state index contributed by atoms with van der Waals surface area (Å²) in [4.78, 5) is 91.2. The number of rotatable bonds is 16. The summed E-state index contributed by atoms with van der Waals surface area (Å²) in [5, 5.41) is 31.8. The number of urea groups is 1. The normalized spacial score (nSPS) is 22.0. The molecule has 0 aromatic carbocycles. The van der Waals surface area contributed by atoms with Crippen molar-refractivity contribution in [2.24, 2.45) is 23.7 Å². The van der Waals surface area contributed by atoms with E-state index in [2.05, 4.69) is 40.4 Å². The van der Waals surface area contributed by atoms with Gasteiger partial charge in [0.2, 0.25) is 23.6 Å². The van der Waals surface area contributed by atoms with Crippen LogP contribution in [0.25, 0.3) is 0 Å². The Labute approximate surface area is 276 Å². The van der Waals surface area contributed by atoms with Gasteiger partial charge in [-0.2, -0.15) is 0 Å². The van der Waals surface area contributed by atoms with E-state index in [0.717, 1.165) is 32.1 Å². The van der Waals surface area contributed by atoms with Gasteiger partial charge in [0, 0.05) is 19.1 Å². The average Bonchev–Trinajstić information content (AvgIpc) is 3.51. The van der Waals surface area contributed by atoms with E-state index < -0.39 is 84.5 Å². The van der Waals surface area contributed by atoms with Crippen LogP contribution in [0.4, 0.5) is 4.79 Å². The summed E-state index contributed by atoms with van der Waals surface area (Å²) in [6, 6.07) is -6.24. The maximum atomic E-state index is 13.6. The molecule has 1 saturated heterocycles. The number of carboxylic acids is 2. The second kappa shape index (κ2) is 18.4. The lowest BCUT2D eigenvalue weighted by atomic mass is 9.79. The standard InChI is InChI=1S/C32H54N6O9/c1-17(2)14-23(31(45)46)35-29(43)22(16-25(40)41)33-28(42)21(15-24(39)38-12-7-8-13-38)34-30(44)26(18(3)4)36-32(47)37-27-19(5)10-9-11-20(27)6/h17-23,26-27H,7-16H2,1-6H3,(H,33,42)(H,34,44)(H,35,43)(H,40,41)(H,45,46)(H2,36,37,47). The summed E-state index contributed by atoms with van der Waals surface area (Å²) in [5.74, 6) is -5.97. The Bertz CT molecular complexity index is 1130. The van der Waals surface area contributed by atoms with Crippen LogP contribution in [-0.2, 0) is 28.8 Å². The first-order valence-corrected chi connectivity index (χ1v) is 16.7. The van der Waals surface area contributed by atoms with E-state index in [0.29, 0.717) is 13.1 Å². The van der Waals surface area contributed by atoms with E-state index >= 15 is 0 Å². The zero-order valence-corrected chi connectivity index (χ0v) is 28.5. The minimum atomic E-state index is -1.69. The van der Waals surface area contributed by atoms with Crippen LogP contribution in [-0.4, -0.2) is 100 Å². The first-order chi connectivity index (χ1) is 22.0. The Morgan fingerprint density at radius 2 is 1.21 bits per heavy atom. The number of aliphatic carboxylic acids is 2. The molecule has 1 aliphatic carbocycles. The Hall–Kier alpha value is -3.91. The summed E-state index contributed by atoms with van der Waals surface area (Å²) < 4.78 is 0. The smallest absolute Gasteiger partial charge is 0.326 e. The van der Waals surface area contributed by atoms with Crippen LogP contribution < -0.4 is 26.6 Å². The van der Waals surface area contributed by atoms with Crippen molar-refractivity contribution in [3.8, 4) is 0 Å². The van der Waals surface area contributed by atoms with Gasteiger partial charge in [-0.05, 0) is 55.8 Å². The molecule has 0 radical (unpaired) electrons. The van der Waals surface area contributed by atoms with Crippen LogP contribution in [0.15, 0.2) is 0 Å². The summed E-state index contributed by atoms with van der Waals surface area (Å²) in [5.41, 5.74) is 0. The van der Waals surface area contributed by atoms with Gasteiger partial charge in [0.1, 0.15) is 24.2 Å². The fourth-order valence-corrected chi connectivity index (χ4v) is 6.20. The number of carbonyl (C=O) groups is 7. The highest BCUT2D eigenvalue weighted by molar-refractivity contribution is 5.98. The van der Waals surface area contributed by atoms with E-state index in [1.165, 1.54) is 0 Å². The Kier molecular flexibility index (Phi) is 15.4. The fraction of sp³-hybridized carbons (Fsp3) is 0.781. The van der Waals surface area contributed by atoms with Gasteiger partial charge < -0.3 is 41.7 Å². The molecule has 0 spiro atoms. The molecule has 7 N–H and O–H groups in total. The number of carboxylic acid groups (broad SMARTS) is 2. The Morgan fingerprint density at radius 3 is 1.70 bits per heavy atom. The molecule has 6 amide bonds. The topological polar surface area (TPSA) is 223 Å². The third kappa shape index (κ3) is 12.7. The lowest BCUT2D eigenvalue weighted by Crippen LogP contribution is -2.60. The molecule has 2 fully saturated rings. The molecular weight excluding hydrogens is 612 g/mol. The molecule has 0 aromatic heterocycles. The van der Waals surface area contributed by atoms with Gasteiger partial charge in [0.15, 0.2) is 0 Å². The molecule has 1 aliphatic heterocycles. The Balaban J connectivity index is 2.25. The molecular formula is C32H54N6O9. The van der Waals surface area contributed by atoms with Gasteiger partial charge in [-0.15, -0.1) is 0 Å². The first-order valence-electron chi connectivity index (χ1n) is 16.7. The van der Waals surface area contributed by atoms with Crippen molar-refractivity contribution in [1.29, 1.82) is 0 Å². The highest BCUT2D eigenvalue weighted by Crippen LogP contribution is 2.28. The fourth-order valence-electron chi connectivity index (χ4n) is 6.20. The second-order valence-electron chi connectivity index (χ2n) is 13.8. The monoisotopic (exact) mass is 666 g/mol. The molecule has 1 saturated carbocycles. The SMILES string of the molecule is CC(C)CC(NC(=O)C(CC(=O)O)NC(=O)C(CC(=O)N1CCCC1)NC(=O)C(NC(=O)NC1C(C)CCCC1C)C(C)C)C(=O)O. The van der Waals surface area contributed by atoms with Crippen molar-refractivity contribution in [3.63, 3.8) is 0 Å². The van der Waals surface area contributed by atoms with E-state index in [9.17, 15) is 43.8 Å². The molecule has 1 heterocycles. The highest BCUT2D eigenvalue weighted by atomic mass is 16.4. The molecule has 2 aliphatic rings. The predicted octanol–water partition coefficient (Wildman–Crippen LogP) is 1.21. The van der Waals surface area contributed by atoms with Crippen LogP contribution in [0.5, 0.6) is 0 Å². The third-order valence-corrected chi connectivity index (χ3v) is 8.88. The summed E-state index contributed by atoms with van der Waals surface area (Å²) in [6.45, 7) is 12.0. The number of hydrogen-bond acceptors (Lipinski definition) is 7. The summed E-state index contributed by atoms with van der Waals surface area (Å²) >= 11 is 0. The first kappa shape index (κ1) is 39.3. The number of nitrogens with zero attached hydrogens (tertiary/aromatic N) is 1. The number of amides is 6. The van der Waals surface area contributed by atoms with E-state index in [1.807, 2.05) is 0 Å². The number of hydrogen-bond donors (Lipinski definition) is 7. The summed E-state index contributed by atoms with van der Waals surface area (Å²) in [6.07, 6.45) is 3.30. The van der Waals surface area contributed by atoms with Crippen molar-refractivity contribution in [2.75, 3.05) is 13.1 Å². The van der Waals surface area contributed by atoms with Crippen LogP contribution in [0.2, 0.25) is 0 Å². The largest absolute Gasteiger partial charge is 0.481 e. The van der Waals surface area contributed by atoms with E-state index in [-0.39, 0.29) is 30.2 Å². The lowest BCUT2D eigenvalue weighted by Gasteiger charge is -2.35. The summed E-state index contributed by atoms with van der Waals surface area (Å²) in [7, 11) is 0. The van der Waals surface area contributed by atoms with Crippen LogP contribution in [0, 0.1) is 23.7 Å². The van der Waals surface area contributed by atoms with Gasteiger partial charge in [-0.25, -0.2) is 9.59 Å². The minimum absolute atomic E-state index is 0.0631.